The van der Waals surface area contributed by atoms with Gasteiger partial charge in [-0.25, -0.2) is 0 Å². The van der Waals surface area contributed by atoms with Crippen LogP contribution in [0, 0.1) is 0 Å². The van der Waals surface area contributed by atoms with Crippen LogP contribution in [-0.2, 0) is 16.1 Å². The zero-order valence-corrected chi connectivity index (χ0v) is 16.2. The number of benzene rings is 1. The first-order valence-corrected chi connectivity index (χ1v) is 8.90. The molecule has 4 N–H and O–H groups in total. The van der Waals surface area contributed by atoms with Crippen molar-refractivity contribution in [3.8, 4) is 11.1 Å². The molecule has 0 saturated carbocycles. The molecule has 0 aliphatic carbocycles. The standard InChI is InChI=1S/C19H24ClN5O2/c1-4-22-7-8-25-11-16(10-23-25)15-5-6-17(20)18(9-15)24-19(26)13(2)12-27-14(3)21/h5-6,9-12,22H,3-4,7-8,21H2,1-2H3,(H,24,26)/b13-12+. The molecule has 7 nitrogen and oxygen atoms in total. The Labute approximate surface area is 163 Å². The third-order valence-corrected chi connectivity index (χ3v) is 4.02. The predicted molar refractivity (Wildman–Crippen MR) is 108 cm³/mol. The zero-order chi connectivity index (χ0) is 19.8. The van der Waals surface area contributed by atoms with E-state index in [4.69, 9.17) is 22.1 Å². The molecule has 2 rings (SSSR count). The summed E-state index contributed by atoms with van der Waals surface area (Å²) in [4.78, 5) is 12.3. The van der Waals surface area contributed by atoms with Crippen LogP contribution in [0.25, 0.3) is 11.1 Å². The molecular formula is C19H24ClN5O2. The van der Waals surface area contributed by atoms with Crippen LogP contribution >= 0.6 is 11.6 Å². The van der Waals surface area contributed by atoms with Gasteiger partial charge in [0, 0.05) is 23.9 Å². The Kier molecular flexibility index (Phi) is 7.45. The van der Waals surface area contributed by atoms with Crippen molar-refractivity contribution >= 4 is 23.2 Å². The predicted octanol–water partition coefficient (Wildman–Crippen LogP) is 3.10. The number of nitrogens with one attached hydrogen (secondary N) is 2. The van der Waals surface area contributed by atoms with Gasteiger partial charge < -0.3 is 21.1 Å². The molecule has 1 heterocycles. The van der Waals surface area contributed by atoms with Crippen molar-refractivity contribution in [2.75, 3.05) is 18.4 Å². The van der Waals surface area contributed by atoms with E-state index in [0.29, 0.717) is 16.3 Å². The molecule has 2 aromatic rings. The maximum Gasteiger partial charge on any atom is 0.254 e. The molecule has 1 aromatic heterocycles. The second kappa shape index (κ2) is 9.80. The highest BCUT2D eigenvalue weighted by Gasteiger charge is 2.11. The minimum absolute atomic E-state index is 0.00771. The number of amides is 1. The van der Waals surface area contributed by atoms with Gasteiger partial charge in [0.15, 0.2) is 5.88 Å². The molecule has 0 saturated heterocycles. The van der Waals surface area contributed by atoms with E-state index in [9.17, 15) is 4.79 Å². The van der Waals surface area contributed by atoms with Gasteiger partial charge in [0.25, 0.3) is 5.91 Å². The second-order valence-electron chi connectivity index (χ2n) is 5.88. The van der Waals surface area contributed by atoms with E-state index in [-0.39, 0.29) is 11.8 Å². The summed E-state index contributed by atoms with van der Waals surface area (Å²) in [5.41, 5.74) is 7.99. The molecular weight excluding hydrogens is 366 g/mol. The van der Waals surface area contributed by atoms with Gasteiger partial charge in [0.05, 0.1) is 23.5 Å². The van der Waals surface area contributed by atoms with E-state index in [1.54, 1.807) is 19.2 Å². The Balaban J connectivity index is 2.13. The topological polar surface area (TPSA) is 94.2 Å². The largest absolute Gasteiger partial charge is 0.449 e. The average Bonchev–Trinajstić information content (AvgIpc) is 3.10. The average molecular weight is 390 g/mol. The van der Waals surface area contributed by atoms with Gasteiger partial charge in [-0.05, 0) is 37.7 Å². The second-order valence-corrected chi connectivity index (χ2v) is 6.29. The number of halogens is 1. The smallest absolute Gasteiger partial charge is 0.254 e. The van der Waals surface area contributed by atoms with Gasteiger partial charge >= 0.3 is 0 Å². The monoisotopic (exact) mass is 389 g/mol. The van der Waals surface area contributed by atoms with Crippen molar-refractivity contribution in [1.29, 1.82) is 0 Å². The van der Waals surface area contributed by atoms with E-state index in [0.717, 1.165) is 30.8 Å². The Morgan fingerprint density at radius 2 is 2.22 bits per heavy atom. The number of nitrogens with zero attached hydrogens (tertiary/aromatic N) is 2. The minimum atomic E-state index is -0.350. The summed E-state index contributed by atoms with van der Waals surface area (Å²) in [6, 6.07) is 5.43. The molecule has 0 radical (unpaired) electrons. The summed E-state index contributed by atoms with van der Waals surface area (Å²) in [7, 11) is 0. The van der Waals surface area contributed by atoms with Gasteiger partial charge in [-0.1, -0.05) is 24.6 Å². The number of ether oxygens (including phenoxy) is 1. The lowest BCUT2D eigenvalue weighted by Crippen LogP contribution is -2.19. The normalized spacial score (nSPS) is 11.3. The van der Waals surface area contributed by atoms with Crippen LogP contribution in [0.1, 0.15) is 13.8 Å². The zero-order valence-electron chi connectivity index (χ0n) is 15.5. The third-order valence-electron chi connectivity index (χ3n) is 3.69. The van der Waals surface area contributed by atoms with Crippen LogP contribution in [0.5, 0.6) is 0 Å². The van der Waals surface area contributed by atoms with E-state index in [1.807, 2.05) is 23.0 Å². The number of nitrogens with two attached hydrogens (primary N) is 1. The highest BCUT2D eigenvalue weighted by molar-refractivity contribution is 6.34. The number of hydrogen-bond donors (Lipinski definition) is 3. The lowest BCUT2D eigenvalue weighted by molar-refractivity contribution is -0.112. The Morgan fingerprint density at radius 3 is 2.93 bits per heavy atom. The summed E-state index contributed by atoms with van der Waals surface area (Å²) >= 11 is 6.22. The lowest BCUT2D eigenvalue weighted by atomic mass is 10.1. The number of hydrogen-bond acceptors (Lipinski definition) is 5. The fraction of sp³-hybridized carbons (Fsp3) is 0.263. The van der Waals surface area contributed by atoms with Crippen LogP contribution in [0.4, 0.5) is 5.69 Å². The van der Waals surface area contributed by atoms with Crippen molar-refractivity contribution in [3.63, 3.8) is 0 Å². The fourth-order valence-electron chi connectivity index (χ4n) is 2.24. The molecule has 0 aliphatic heterocycles. The summed E-state index contributed by atoms with van der Waals surface area (Å²) in [5.74, 6) is -0.343. The number of rotatable bonds is 9. The molecule has 27 heavy (non-hydrogen) atoms. The number of likely N-dealkylation sites (N-methyl/N-ethyl adjacent to an activating group) is 1. The Bertz CT molecular complexity index is 844. The minimum Gasteiger partial charge on any atom is -0.449 e. The van der Waals surface area contributed by atoms with Crippen molar-refractivity contribution in [2.24, 2.45) is 5.73 Å². The first-order valence-electron chi connectivity index (χ1n) is 8.53. The van der Waals surface area contributed by atoms with Crippen molar-refractivity contribution in [2.45, 2.75) is 20.4 Å². The van der Waals surface area contributed by atoms with Gasteiger partial charge in [0.1, 0.15) is 6.26 Å². The molecule has 0 fully saturated rings. The lowest BCUT2D eigenvalue weighted by Gasteiger charge is -2.09. The molecule has 0 bridgehead atoms. The molecule has 0 aliphatic rings. The number of carbonyl (C=O) groups excluding carboxylic acids is 1. The van der Waals surface area contributed by atoms with E-state index < -0.39 is 0 Å². The van der Waals surface area contributed by atoms with Gasteiger partial charge in [-0.2, -0.15) is 5.10 Å². The maximum absolute atomic E-state index is 12.3. The highest BCUT2D eigenvalue weighted by atomic mass is 35.5. The number of aromatic nitrogens is 2. The fourth-order valence-corrected chi connectivity index (χ4v) is 2.41. The Morgan fingerprint density at radius 1 is 1.44 bits per heavy atom. The van der Waals surface area contributed by atoms with E-state index in [1.165, 1.54) is 6.26 Å². The van der Waals surface area contributed by atoms with Gasteiger partial charge in [-0.15, -0.1) is 0 Å². The molecule has 8 heteroatoms. The molecule has 0 unspecified atom stereocenters. The van der Waals surface area contributed by atoms with Crippen LogP contribution < -0.4 is 16.4 Å². The molecule has 144 valence electrons. The van der Waals surface area contributed by atoms with Crippen LogP contribution in [0.3, 0.4) is 0 Å². The third kappa shape index (κ3) is 6.16. The summed E-state index contributed by atoms with van der Waals surface area (Å²) < 4.78 is 6.81. The van der Waals surface area contributed by atoms with Crippen LogP contribution in [-0.4, -0.2) is 28.8 Å². The number of anilines is 1. The summed E-state index contributed by atoms with van der Waals surface area (Å²) in [5, 5.41) is 10.8. The summed E-state index contributed by atoms with van der Waals surface area (Å²) in [6.45, 7) is 9.62. The first kappa shape index (κ1) is 20.5. The quantitative estimate of drug-likeness (QED) is 0.348. The van der Waals surface area contributed by atoms with Gasteiger partial charge in [0.2, 0.25) is 0 Å². The molecule has 1 amide bonds. The SMILES string of the molecule is C=C(N)O/C=C(\C)C(=O)Nc1cc(-c2cnn(CCNCC)c2)ccc1Cl. The summed E-state index contributed by atoms with van der Waals surface area (Å²) in [6.07, 6.45) is 4.98. The number of carbonyl (C=O) groups is 1. The van der Waals surface area contributed by atoms with Crippen molar-refractivity contribution < 1.29 is 9.53 Å². The van der Waals surface area contributed by atoms with Crippen molar-refractivity contribution in [1.82, 2.24) is 15.1 Å². The maximum atomic E-state index is 12.3. The molecule has 1 aromatic carbocycles. The Hall–Kier alpha value is -2.77. The highest BCUT2D eigenvalue weighted by Crippen LogP contribution is 2.29. The van der Waals surface area contributed by atoms with Crippen LogP contribution in [0.15, 0.2) is 54.9 Å². The molecule has 0 atom stereocenters. The van der Waals surface area contributed by atoms with Gasteiger partial charge in [-0.3, -0.25) is 9.48 Å². The van der Waals surface area contributed by atoms with Crippen molar-refractivity contribution in [3.05, 3.63) is 59.9 Å². The van der Waals surface area contributed by atoms with E-state index >= 15 is 0 Å². The molecule has 0 spiro atoms. The van der Waals surface area contributed by atoms with Crippen LogP contribution in [0.2, 0.25) is 5.02 Å². The van der Waals surface area contributed by atoms with E-state index in [2.05, 4.69) is 29.2 Å². The first-order chi connectivity index (χ1) is 12.9.